The van der Waals surface area contributed by atoms with Crippen molar-refractivity contribution in [2.24, 2.45) is 0 Å². The van der Waals surface area contributed by atoms with Gasteiger partial charge in [-0.25, -0.2) is 4.98 Å². The first-order valence-electron chi connectivity index (χ1n) is 4.90. The van der Waals surface area contributed by atoms with E-state index in [1.165, 1.54) is 0 Å². The molecule has 0 fully saturated rings. The lowest BCUT2D eigenvalue weighted by molar-refractivity contribution is 0.233. The van der Waals surface area contributed by atoms with Crippen molar-refractivity contribution in [2.75, 3.05) is 13.2 Å². The first-order valence-corrected chi connectivity index (χ1v) is 4.90. The van der Waals surface area contributed by atoms with Gasteiger partial charge in [0, 0.05) is 26.0 Å². The van der Waals surface area contributed by atoms with Crippen molar-refractivity contribution in [2.45, 2.75) is 13.3 Å². The Labute approximate surface area is 87.5 Å². The normalized spacial score (nSPS) is 10.8. The number of hydrogen-bond acceptors (Lipinski definition) is 4. The van der Waals surface area contributed by atoms with Gasteiger partial charge in [-0.2, -0.15) is 0 Å². The predicted molar refractivity (Wildman–Crippen MR) is 55.9 cm³/mol. The molecular weight excluding hydrogens is 194 g/mol. The molecule has 1 heterocycles. The second kappa shape index (κ2) is 4.31. The van der Waals surface area contributed by atoms with Crippen molar-refractivity contribution in [3.8, 4) is 5.75 Å². The van der Waals surface area contributed by atoms with Crippen LogP contribution in [0.5, 0.6) is 5.75 Å². The zero-order valence-electron chi connectivity index (χ0n) is 8.56. The Hall–Kier alpha value is -1.55. The van der Waals surface area contributed by atoms with Crippen molar-refractivity contribution in [1.29, 1.82) is 0 Å². The standard InChI is InChI=1S/C11H13NO3/c1-8-12-10-4-3-9(7-11(10)15-8)14-6-2-5-13/h3-4,7,13H,2,5-6H2,1H3. The number of ether oxygens (including phenoxy) is 1. The van der Waals surface area contributed by atoms with Gasteiger partial charge in [0.1, 0.15) is 11.3 Å². The first kappa shape index (κ1) is 9.98. The van der Waals surface area contributed by atoms with E-state index < -0.39 is 0 Å². The number of fused-ring (bicyclic) bond motifs is 1. The molecule has 0 amide bonds. The maximum atomic E-state index is 8.61. The smallest absolute Gasteiger partial charge is 0.192 e. The molecule has 0 saturated heterocycles. The summed E-state index contributed by atoms with van der Waals surface area (Å²) in [6, 6.07) is 5.52. The van der Waals surface area contributed by atoms with Crippen LogP contribution in [0.3, 0.4) is 0 Å². The summed E-state index contributed by atoms with van der Waals surface area (Å²) in [6.45, 7) is 2.46. The van der Waals surface area contributed by atoms with Crippen molar-refractivity contribution >= 4 is 11.1 Å². The highest BCUT2D eigenvalue weighted by Gasteiger charge is 2.03. The Morgan fingerprint density at radius 2 is 2.33 bits per heavy atom. The second-order valence-electron chi connectivity index (χ2n) is 3.29. The highest BCUT2D eigenvalue weighted by atomic mass is 16.5. The summed E-state index contributed by atoms with van der Waals surface area (Å²) in [5.41, 5.74) is 1.57. The summed E-state index contributed by atoms with van der Waals surface area (Å²) in [7, 11) is 0. The lowest BCUT2D eigenvalue weighted by Gasteiger charge is -2.03. The van der Waals surface area contributed by atoms with Gasteiger partial charge in [-0.3, -0.25) is 0 Å². The summed E-state index contributed by atoms with van der Waals surface area (Å²) in [5, 5.41) is 8.61. The van der Waals surface area contributed by atoms with Gasteiger partial charge in [-0.15, -0.1) is 0 Å². The predicted octanol–water partition coefficient (Wildman–Crippen LogP) is 1.90. The van der Waals surface area contributed by atoms with Crippen LogP contribution in [0.4, 0.5) is 0 Å². The van der Waals surface area contributed by atoms with Crippen LogP contribution in [-0.4, -0.2) is 23.3 Å². The summed E-state index contributed by atoms with van der Waals surface area (Å²) in [4.78, 5) is 4.19. The quantitative estimate of drug-likeness (QED) is 0.778. The minimum Gasteiger partial charge on any atom is -0.493 e. The fraction of sp³-hybridized carbons (Fsp3) is 0.364. The van der Waals surface area contributed by atoms with Crippen LogP contribution >= 0.6 is 0 Å². The number of hydrogen-bond donors (Lipinski definition) is 1. The number of oxazole rings is 1. The Kier molecular flexibility index (Phi) is 2.87. The number of aliphatic hydroxyl groups is 1. The van der Waals surface area contributed by atoms with Crippen LogP contribution in [0.1, 0.15) is 12.3 Å². The molecular formula is C11H13NO3. The molecule has 80 valence electrons. The van der Waals surface area contributed by atoms with Crippen LogP contribution in [0.2, 0.25) is 0 Å². The molecule has 1 aromatic heterocycles. The van der Waals surface area contributed by atoms with E-state index >= 15 is 0 Å². The molecule has 0 aliphatic heterocycles. The number of aryl methyl sites for hydroxylation is 1. The molecule has 4 heteroatoms. The summed E-state index contributed by atoms with van der Waals surface area (Å²) in [6.07, 6.45) is 0.632. The van der Waals surface area contributed by atoms with Gasteiger partial charge in [0.05, 0.1) is 6.61 Å². The van der Waals surface area contributed by atoms with Gasteiger partial charge in [0.2, 0.25) is 0 Å². The van der Waals surface area contributed by atoms with Crippen LogP contribution < -0.4 is 4.74 Å². The third-order valence-electron chi connectivity index (χ3n) is 2.04. The number of benzene rings is 1. The minimum absolute atomic E-state index is 0.143. The summed E-state index contributed by atoms with van der Waals surface area (Å²) >= 11 is 0. The number of rotatable bonds is 4. The highest BCUT2D eigenvalue weighted by molar-refractivity contribution is 5.74. The third kappa shape index (κ3) is 2.27. The molecule has 0 atom stereocenters. The average Bonchev–Trinajstić information content (AvgIpc) is 2.57. The fourth-order valence-corrected chi connectivity index (χ4v) is 1.36. The Morgan fingerprint density at radius 1 is 1.47 bits per heavy atom. The van der Waals surface area contributed by atoms with E-state index in [1.807, 2.05) is 25.1 Å². The lowest BCUT2D eigenvalue weighted by atomic mass is 10.3. The largest absolute Gasteiger partial charge is 0.493 e. The molecule has 2 rings (SSSR count). The topological polar surface area (TPSA) is 55.5 Å². The Balaban J connectivity index is 2.15. The number of nitrogens with zero attached hydrogens (tertiary/aromatic N) is 1. The van der Waals surface area contributed by atoms with Crippen molar-refractivity contribution in [1.82, 2.24) is 4.98 Å². The van der Waals surface area contributed by atoms with Crippen molar-refractivity contribution < 1.29 is 14.3 Å². The van der Waals surface area contributed by atoms with Gasteiger partial charge in [-0.1, -0.05) is 0 Å². The summed E-state index contributed by atoms with van der Waals surface area (Å²) < 4.78 is 10.8. The van der Waals surface area contributed by atoms with Gasteiger partial charge < -0.3 is 14.3 Å². The van der Waals surface area contributed by atoms with Crippen LogP contribution in [0, 0.1) is 6.92 Å². The number of aliphatic hydroxyl groups excluding tert-OH is 1. The maximum absolute atomic E-state index is 8.61. The maximum Gasteiger partial charge on any atom is 0.192 e. The molecule has 0 bridgehead atoms. The molecule has 4 nitrogen and oxygen atoms in total. The molecule has 0 aliphatic rings. The van der Waals surface area contributed by atoms with Crippen LogP contribution in [0.15, 0.2) is 22.6 Å². The molecule has 1 N–H and O–H groups in total. The van der Waals surface area contributed by atoms with E-state index in [-0.39, 0.29) is 6.61 Å². The molecule has 0 spiro atoms. The Morgan fingerprint density at radius 3 is 3.13 bits per heavy atom. The minimum atomic E-state index is 0.143. The molecule has 0 unspecified atom stereocenters. The van der Waals surface area contributed by atoms with E-state index in [0.717, 1.165) is 16.8 Å². The van der Waals surface area contributed by atoms with E-state index in [4.69, 9.17) is 14.3 Å². The second-order valence-corrected chi connectivity index (χ2v) is 3.29. The highest BCUT2D eigenvalue weighted by Crippen LogP contribution is 2.21. The molecule has 15 heavy (non-hydrogen) atoms. The van der Waals surface area contributed by atoms with E-state index in [1.54, 1.807) is 0 Å². The molecule has 0 aliphatic carbocycles. The third-order valence-corrected chi connectivity index (χ3v) is 2.04. The zero-order chi connectivity index (χ0) is 10.7. The SMILES string of the molecule is Cc1nc2ccc(OCCCO)cc2o1. The van der Waals surface area contributed by atoms with E-state index in [9.17, 15) is 0 Å². The zero-order valence-corrected chi connectivity index (χ0v) is 8.56. The van der Waals surface area contributed by atoms with Gasteiger partial charge in [-0.05, 0) is 12.1 Å². The van der Waals surface area contributed by atoms with Gasteiger partial charge in [0.15, 0.2) is 11.5 Å². The van der Waals surface area contributed by atoms with E-state index in [2.05, 4.69) is 4.98 Å². The van der Waals surface area contributed by atoms with E-state index in [0.29, 0.717) is 18.9 Å². The monoisotopic (exact) mass is 207 g/mol. The molecule has 2 aromatic rings. The van der Waals surface area contributed by atoms with Gasteiger partial charge in [0.25, 0.3) is 0 Å². The lowest BCUT2D eigenvalue weighted by Crippen LogP contribution is -1.99. The summed E-state index contributed by atoms with van der Waals surface area (Å²) in [5.74, 6) is 1.39. The number of aromatic nitrogens is 1. The van der Waals surface area contributed by atoms with Gasteiger partial charge >= 0.3 is 0 Å². The molecule has 1 aromatic carbocycles. The average molecular weight is 207 g/mol. The molecule has 0 radical (unpaired) electrons. The fourth-order valence-electron chi connectivity index (χ4n) is 1.36. The van der Waals surface area contributed by atoms with Crippen LogP contribution in [-0.2, 0) is 0 Å². The first-order chi connectivity index (χ1) is 7.29. The van der Waals surface area contributed by atoms with Crippen molar-refractivity contribution in [3.05, 3.63) is 24.1 Å². The van der Waals surface area contributed by atoms with Crippen LogP contribution in [0.25, 0.3) is 11.1 Å². The Bertz CT molecular complexity index is 450. The van der Waals surface area contributed by atoms with Crippen molar-refractivity contribution in [3.63, 3.8) is 0 Å². The molecule has 0 saturated carbocycles.